The Hall–Kier alpha value is -1.42. The van der Waals surface area contributed by atoms with Crippen LogP contribution in [0.25, 0.3) is 0 Å². The highest BCUT2D eigenvalue weighted by Gasteiger charge is 2.16. The first-order valence-electron chi connectivity index (χ1n) is 6.19. The topological polar surface area (TPSA) is 37.7 Å². The molecule has 0 radical (unpaired) electrons. The summed E-state index contributed by atoms with van der Waals surface area (Å²) in [6, 6.07) is 4.02. The molecule has 0 saturated carbocycles. The standard InChI is InChI=1S/C13H19N3O/c1-2-5-15-13(12-4-3-6-14-11-12)16-7-9-17-10-8-16/h3-4,6,11H,2,5,7-10H2,1H3. The molecular formula is C13H19N3O. The summed E-state index contributed by atoms with van der Waals surface area (Å²) in [6.45, 7) is 6.40. The number of aromatic nitrogens is 1. The molecule has 1 aliphatic rings. The normalized spacial score (nSPS) is 17.2. The first-order chi connectivity index (χ1) is 8.42. The van der Waals surface area contributed by atoms with Crippen molar-refractivity contribution in [2.45, 2.75) is 13.3 Å². The Morgan fingerprint density at radius 1 is 1.47 bits per heavy atom. The molecule has 4 heteroatoms. The number of morpholine rings is 1. The molecule has 1 aliphatic heterocycles. The third-order valence-corrected chi connectivity index (χ3v) is 2.72. The average Bonchev–Trinajstić information content (AvgIpc) is 2.42. The molecule has 1 aromatic rings. The number of amidine groups is 1. The first-order valence-corrected chi connectivity index (χ1v) is 6.19. The number of pyridine rings is 1. The van der Waals surface area contributed by atoms with Crippen LogP contribution in [0, 0.1) is 0 Å². The maximum Gasteiger partial charge on any atom is 0.132 e. The second-order valence-electron chi connectivity index (χ2n) is 4.05. The van der Waals surface area contributed by atoms with Crippen LogP contribution in [0.1, 0.15) is 18.9 Å². The molecule has 1 aromatic heterocycles. The van der Waals surface area contributed by atoms with Gasteiger partial charge in [0.05, 0.1) is 13.2 Å². The molecule has 0 unspecified atom stereocenters. The van der Waals surface area contributed by atoms with Gasteiger partial charge in [-0.15, -0.1) is 0 Å². The van der Waals surface area contributed by atoms with E-state index in [-0.39, 0.29) is 0 Å². The van der Waals surface area contributed by atoms with Crippen molar-refractivity contribution in [1.29, 1.82) is 0 Å². The van der Waals surface area contributed by atoms with E-state index in [0.717, 1.165) is 50.7 Å². The largest absolute Gasteiger partial charge is 0.378 e. The van der Waals surface area contributed by atoms with E-state index in [4.69, 9.17) is 4.74 Å². The minimum Gasteiger partial charge on any atom is -0.378 e. The van der Waals surface area contributed by atoms with Crippen molar-refractivity contribution in [2.75, 3.05) is 32.8 Å². The van der Waals surface area contributed by atoms with Crippen molar-refractivity contribution in [1.82, 2.24) is 9.88 Å². The van der Waals surface area contributed by atoms with Gasteiger partial charge in [0.25, 0.3) is 0 Å². The van der Waals surface area contributed by atoms with Crippen molar-refractivity contribution >= 4 is 5.84 Å². The smallest absolute Gasteiger partial charge is 0.132 e. The van der Waals surface area contributed by atoms with Gasteiger partial charge in [0.1, 0.15) is 5.84 Å². The number of hydrogen-bond donors (Lipinski definition) is 0. The highest BCUT2D eigenvalue weighted by atomic mass is 16.5. The molecule has 0 aliphatic carbocycles. The van der Waals surface area contributed by atoms with Crippen LogP contribution in [0.5, 0.6) is 0 Å². The van der Waals surface area contributed by atoms with Crippen LogP contribution in [0.15, 0.2) is 29.5 Å². The van der Waals surface area contributed by atoms with Crippen molar-refractivity contribution in [2.24, 2.45) is 4.99 Å². The van der Waals surface area contributed by atoms with Crippen LogP contribution in [0.4, 0.5) is 0 Å². The van der Waals surface area contributed by atoms with E-state index in [9.17, 15) is 0 Å². The number of hydrogen-bond acceptors (Lipinski definition) is 3. The van der Waals surface area contributed by atoms with Gasteiger partial charge in [-0.05, 0) is 18.6 Å². The molecule has 0 spiro atoms. The second kappa shape index (κ2) is 6.35. The lowest BCUT2D eigenvalue weighted by Gasteiger charge is -2.30. The Morgan fingerprint density at radius 3 is 2.94 bits per heavy atom. The lowest BCUT2D eigenvalue weighted by molar-refractivity contribution is 0.0682. The van der Waals surface area contributed by atoms with Gasteiger partial charge in [0, 0.05) is 37.6 Å². The molecule has 17 heavy (non-hydrogen) atoms. The highest BCUT2D eigenvalue weighted by molar-refractivity contribution is 5.98. The Bertz CT molecular complexity index is 358. The Kier molecular flexibility index (Phi) is 4.50. The lowest BCUT2D eigenvalue weighted by Crippen LogP contribution is -2.41. The van der Waals surface area contributed by atoms with Gasteiger partial charge in [-0.3, -0.25) is 9.98 Å². The van der Waals surface area contributed by atoms with E-state index >= 15 is 0 Å². The van der Waals surface area contributed by atoms with Crippen molar-refractivity contribution in [3.05, 3.63) is 30.1 Å². The molecule has 0 atom stereocenters. The predicted octanol–water partition coefficient (Wildman–Crippen LogP) is 1.57. The van der Waals surface area contributed by atoms with E-state index in [0.29, 0.717) is 0 Å². The van der Waals surface area contributed by atoms with E-state index in [2.05, 4.69) is 27.9 Å². The summed E-state index contributed by atoms with van der Waals surface area (Å²) in [5, 5.41) is 0. The second-order valence-corrected chi connectivity index (χ2v) is 4.05. The van der Waals surface area contributed by atoms with E-state index in [1.54, 1.807) is 6.20 Å². The molecule has 1 fully saturated rings. The summed E-state index contributed by atoms with van der Waals surface area (Å²) in [6.07, 6.45) is 4.73. The molecule has 2 rings (SSSR count). The zero-order valence-corrected chi connectivity index (χ0v) is 10.3. The van der Waals surface area contributed by atoms with Crippen LogP contribution in [0.2, 0.25) is 0 Å². The van der Waals surface area contributed by atoms with Gasteiger partial charge < -0.3 is 9.64 Å². The zero-order chi connectivity index (χ0) is 11.9. The quantitative estimate of drug-likeness (QED) is 0.587. The number of rotatable bonds is 3. The molecule has 0 bridgehead atoms. The Labute approximate surface area is 102 Å². The van der Waals surface area contributed by atoms with Crippen LogP contribution in [0.3, 0.4) is 0 Å². The van der Waals surface area contributed by atoms with E-state index < -0.39 is 0 Å². The van der Waals surface area contributed by atoms with Crippen LogP contribution in [-0.4, -0.2) is 48.6 Å². The van der Waals surface area contributed by atoms with Gasteiger partial charge in [0.2, 0.25) is 0 Å². The van der Waals surface area contributed by atoms with Crippen molar-refractivity contribution in [3.63, 3.8) is 0 Å². The lowest BCUT2D eigenvalue weighted by atomic mass is 10.2. The van der Waals surface area contributed by atoms with E-state index in [1.165, 1.54) is 0 Å². The molecule has 0 amide bonds. The number of nitrogens with zero attached hydrogens (tertiary/aromatic N) is 3. The molecule has 92 valence electrons. The van der Waals surface area contributed by atoms with Gasteiger partial charge in [0.15, 0.2) is 0 Å². The third kappa shape index (κ3) is 3.27. The Morgan fingerprint density at radius 2 is 2.29 bits per heavy atom. The van der Waals surface area contributed by atoms with Gasteiger partial charge in [-0.2, -0.15) is 0 Å². The van der Waals surface area contributed by atoms with Gasteiger partial charge in [-0.1, -0.05) is 6.92 Å². The summed E-state index contributed by atoms with van der Waals surface area (Å²) in [4.78, 5) is 11.1. The van der Waals surface area contributed by atoms with Crippen molar-refractivity contribution < 1.29 is 4.74 Å². The predicted molar refractivity (Wildman–Crippen MR) is 68.3 cm³/mol. The summed E-state index contributed by atoms with van der Waals surface area (Å²) >= 11 is 0. The van der Waals surface area contributed by atoms with Crippen molar-refractivity contribution in [3.8, 4) is 0 Å². The molecule has 2 heterocycles. The third-order valence-electron chi connectivity index (χ3n) is 2.72. The molecule has 1 saturated heterocycles. The molecular weight excluding hydrogens is 214 g/mol. The fourth-order valence-electron chi connectivity index (χ4n) is 1.86. The fraction of sp³-hybridized carbons (Fsp3) is 0.538. The fourth-order valence-corrected chi connectivity index (χ4v) is 1.86. The van der Waals surface area contributed by atoms with Crippen LogP contribution < -0.4 is 0 Å². The minimum atomic E-state index is 0.783. The van der Waals surface area contributed by atoms with E-state index in [1.807, 2.05) is 12.3 Å². The summed E-state index contributed by atoms with van der Waals surface area (Å²) in [7, 11) is 0. The van der Waals surface area contributed by atoms with Gasteiger partial charge in [-0.25, -0.2) is 0 Å². The average molecular weight is 233 g/mol. The summed E-state index contributed by atoms with van der Waals surface area (Å²) in [5.41, 5.74) is 1.10. The zero-order valence-electron chi connectivity index (χ0n) is 10.3. The first kappa shape index (κ1) is 12.0. The summed E-state index contributed by atoms with van der Waals surface area (Å²) < 4.78 is 5.38. The monoisotopic (exact) mass is 233 g/mol. The number of aliphatic imine (C=N–C) groups is 1. The minimum absolute atomic E-state index is 0.783. The van der Waals surface area contributed by atoms with Crippen LogP contribution >= 0.6 is 0 Å². The van der Waals surface area contributed by atoms with Crippen LogP contribution in [-0.2, 0) is 4.74 Å². The highest BCUT2D eigenvalue weighted by Crippen LogP contribution is 2.08. The molecule has 4 nitrogen and oxygen atoms in total. The number of ether oxygens (including phenoxy) is 1. The molecule has 0 N–H and O–H groups in total. The SMILES string of the molecule is CCCN=C(c1cccnc1)N1CCOCC1. The maximum atomic E-state index is 5.38. The summed E-state index contributed by atoms with van der Waals surface area (Å²) in [5.74, 6) is 1.06. The van der Waals surface area contributed by atoms with Gasteiger partial charge >= 0.3 is 0 Å². The Balaban J connectivity index is 2.18. The maximum absolute atomic E-state index is 5.38. The molecule has 0 aromatic carbocycles.